The largest absolute Gasteiger partial charge is 0.281 e. The highest BCUT2D eigenvalue weighted by Gasteiger charge is 2.07. The van der Waals surface area contributed by atoms with Gasteiger partial charge in [0.1, 0.15) is 6.07 Å². The van der Waals surface area contributed by atoms with Crippen LogP contribution in [0.1, 0.15) is 5.56 Å². The van der Waals surface area contributed by atoms with Crippen molar-refractivity contribution in [1.29, 1.82) is 5.26 Å². The topological polar surface area (TPSA) is 66.9 Å². The van der Waals surface area contributed by atoms with E-state index in [1.807, 2.05) is 12.1 Å². The summed E-state index contributed by atoms with van der Waals surface area (Å²) in [4.78, 5) is 3.96. The van der Waals surface area contributed by atoms with Gasteiger partial charge in [0.15, 0.2) is 11.5 Å². The highest BCUT2D eigenvalue weighted by atomic mass is 15.2. The molecule has 0 saturated carbocycles. The minimum atomic E-state index is 0.576. The number of hydrogen-bond acceptors (Lipinski definition) is 4. The van der Waals surface area contributed by atoms with Gasteiger partial charge in [-0.25, -0.2) is 0 Å². The van der Waals surface area contributed by atoms with E-state index in [0.717, 1.165) is 11.2 Å². The summed E-state index contributed by atoms with van der Waals surface area (Å²) in [5.41, 5.74) is 2.21. The molecule has 0 amide bonds. The summed E-state index contributed by atoms with van der Waals surface area (Å²) >= 11 is 0. The number of nitrogens with zero attached hydrogens (tertiary/aromatic N) is 5. The maximum Gasteiger partial charge on any atom is 0.168 e. The van der Waals surface area contributed by atoms with E-state index in [-0.39, 0.29) is 0 Å². The third-order valence-electron chi connectivity index (χ3n) is 2.47. The number of aromatic nitrogens is 4. The van der Waals surface area contributed by atoms with Crippen LogP contribution < -0.4 is 0 Å². The first-order valence-corrected chi connectivity index (χ1v) is 5.04. The molecule has 0 unspecified atom stereocenters. The molecule has 0 spiro atoms. The van der Waals surface area contributed by atoms with Crippen LogP contribution in [0.2, 0.25) is 0 Å². The fourth-order valence-electron chi connectivity index (χ4n) is 1.65. The van der Waals surface area contributed by atoms with Crippen molar-refractivity contribution in [2.75, 3.05) is 0 Å². The molecule has 3 heterocycles. The fraction of sp³-hybridized carbons (Fsp3) is 0. The van der Waals surface area contributed by atoms with Crippen molar-refractivity contribution in [3.63, 3.8) is 0 Å². The van der Waals surface area contributed by atoms with Crippen LogP contribution >= 0.6 is 0 Å². The number of hydrogen-bond donors (Lipinski definition) is 0. The highest BCUT2D eigenvalue weighted by molar-refractivity contribution is 5.59. The van der Waals surface area contributed by atoms with Gasteiger partial charge in [-0.2, -0.15) is 5.26 Å². The zero-order valence-electron chi connectivity index (χ0n) is 8.78. The molecule has 0 N–H and O–H groups in total. The predicted molar refractivity (Wildman–Crippen MR) is 60.9 cm³/mol. The molecular weight excluding hydrogens is 214 g/mol. The van der Waals surface area contributed by atoms with Crippen molar-refractivity contribution in [2.45, 2.75) is 0 Å². The summed E-state index contributed by atoms with van der Waals surface area (Å²) < 4.78 is 1.80. The average molecular weight is 221 g/mol. The molecule has 0 fully saturated rings. The lowest BCUT2D eigenvalue weighted by Crippen LogP contribution is -1.90. The van der Waals surface area contributed by atoms with Crippen molar-refractivity contribution < 1.29 is 0 Å². The molecule has 0 radical (unpaired) electrons. The minimum Gasteiger partial charge on any atom is -0.281 e. The Hall–Kier alpha value is -2.74. The highest BCUT2D eigenvalue weighted by Crippen LogP contribution is 2.17. The van der Waals surface area contributed by atoms with Gasteiger partial charge in [-0.3, -0.25) is 9.38 Å². The van der Waals surface area contributed by atoms with Gasteiger partial charge in [0.25, 0.3) is 0 Å². The molecule has 5 nitrogen and oxygen atoms in total. The first-order chi connectivity index (χ1) is 8.38. The summed E-state index contributed by atoms with van der Waals surface area (Å²) in [6, 6.07) is 9.31. The van der Waals surface area contributed by atoms with Crippen molar-refractivity contribution >= 4 is 5.65 Å². The van der Waals surface area contributed by atoms with E-state index in [1.54, 1.807) is 35.1 Å². The minimum absolute atomic E-state index is 0.576. The van der Waals surface area contributed by atoms with Gasteiger partial charge in [0.2, 0.25) is 0 Å². The molecule has 3 rings (SSSR count). The van der Waals surface area contributed by atoms with E-state index < -0.39 is 0 Å². The molecule has 17 heavy (non-hydrogen) atoms. The Morgan fingerprint density at radius 2 is 1.88 bits per heavy atom. The maximum absolute atomic E-state index is 8.88. The number of fused-ring (bicyclic) bond motifs is 1. The molecule has 0 saturated heterocycles. The zero-order valence-corrected chi connectivity index (χ0v) is 8.78. The lowest BCUT2D eigenvalue weighted by Gasteiger charge is -1.99. The molecule has 3 aromatic rings. The van der Waals surface area contributed by atoms with E-state index in [1.165, 1.54) is 0 Å². The van der Waals surface area contributed by atoms with Gasteiger partial charge >= 0.3 is 0 Å². The second kappa shape index (κ2) is 3.68. The number of pyridine rings is 2. The van der Waals surface area contributed by atoms with Crippen molar-refractivity contribution in [1.82, 2.24) is 19.6 Å². The first kappa shape index (κ1) is 9.48. The molecule has 0 atom stereocenters. The van der Waals surface area contributed by atoms with E-state index in [4.69, 9.17) is 5.26 Å². The third-order valence-corrected chi connectivity index (χ3v) is 2.47. The molecule has 0 aliphatic heterocycles. The van der Waals surface area contributed by atoms with Crippen LogP contribution in [0.25, 0.3) is 17.0 Å². The Morgan fingerprint density at radius 1 is 1.06 bits per heavy atom. The van der Waals surface area contributed by atoms with Crippen LogP contribution in [-0.2, 0) is 0 Å². The summed E-state index contributed by atoms with van der Waals surface area (Å²) in [5, 5.41) is 17.1. The molecule has 5 heteroatoms. The summed E-state index contributed by atoms with van der Waals surface area (Å²) in [5.74, 6) is 0.708. The number of rotatable bonds is 1. The van der Waals surface area contributed by atoms with Gasteiger partial charge < -0.3 is 0 Å². The van der Waals surface area contributed by atoms with Crippen LogP contribution in [-0.4, -0.2) is 19.6 Å². The molecule has 0 aliphatic rings. The monoisotopic (exact) mass is 221 g/mol. The molecule has 0 aliphatic carbocycles. The van der Waals surface area contributed by atoms with Gasteiger partial charge in [-0.05, 0) is 24.3 Å². The summed E-state index contributed by atoms with van der Waals surface area (Å²) in [6.45, 7) is 0. The van der Waals surface area contributed by atoms with Crippen LogP contribution in [0, 0.1) is 11.3 Å². The second-order valence-corrected chi connectivity index (χ2v) is 3.52. The summed E-state index contributed by atoms with van der Waals surface area (Å²) in [7, 11) is 0. The van der Waals surface area contributed by atoms with Crippen LogP contribution in [0.5, 0.6) is 0 Å². The lowest BCUT2D eigenvalue weighted by molar-refractivity contribution is 1.11. The van der Waals surface area contributed by atoms with Crippen molar-refractivity contribution in [2.24, 2.45) is 0 Å². The van der Waals surface area contributed by atoms with Gasteiger partial charge in [0.05, 0.1) is 5.56 Å². The second-order valence-electron chi connectivity index (χ2n) is 3.52. The molecule has 0 aromatic carbocycles. The lowest BCUT2D eigenvalue weighted by atomic mass is 10.2. The zero-order chi connectivity index (χ0) is 11.7. The van der Waals surface area contributed by atoms with Crippen molar-refractivity contribution in [3.8, 4) is 17.5 Å². The Bertz CT molecular complexity index is 709. The Morgan fingerprint density at radius 3 is 2.65 bits per heavy atom. The van der Waals surface area contributed by atoms with E-state index in [9.17, 15) is 0 Å². The van der Waals surface area contributed by atoms with Gasteiger partial charge in [0, 0.05) is 24.2 Å². The van der Waals surface area contributed by atoms with Gasteiger partial charge in [-0.15, -0.1) is 10.2 Å². The normalized spacial score (nSPS) is 10.3. The smallest absolute Gasteiger partial charge is 0.168 e. The molecule has 80 valence electrons. The van der Waals surface area contributed by atoms with E-state index >= 15 is 0 Å². The molecular formula is C12H7N5. The molecule has 3 aromatic heterocycles. The van der Waals surface area contributed by atoms with E-state index in [0.29, 0.717) is 11.4 Å². The first-order valence-electron chi connectivity index (χ1n) is 5.04. The Balaban J connectivity index is 2.28. The summed E-state index contributed by atoms with van der Waals surface area (Å²) in [6.07, 6.45) is 5.13. The standard InChI is InChI=1S/C12H7N5/c13-7-9-1-2-11-15-16-12(17(11)8-9)10-3-5-14-6-4-10/h1-6,8H. The fourth-order valence-corrected chi connectivity index (χ4v) is 1.65. The average Bonchev–Trinajstić information content (AvgIpc) is 2.82. The number of nitriles is 1. The Labute approximate surface area is 97.0 Å². The quantitative estimate of drug-likeness (QED) is 0.626. The molecule has 0 bridgehead atoms. The van der Waals surface area contributed by atoms with Crippen LogP contribution in [0.4, 0.5) is 0 Å². The van der Waals surface area contributed by atoms with Crippen molar-refractivity contribution in [3.05, 3.63) is 48.4 Å². The van der Waals surface area contributed by atoms with Crippen LogP contribution in [0.3, 0.4) is 0 Å². The SMILES string of the molecule is N#Cc1ccc2nnc(-c3ccncc3)n2c1. The van der Waals surface area contributed by atoms with Crippen LogP contribution in [0.15, 0.2) is 42.9 Å². The Kier molecular flexibility index (Phi) is 2.06. The van der Waals surface area contributed by atoms with E-state index in [2.05, 4.69) is 21.3 Å². The predicted octanol–water partition coefficient (Wildman–Crippen LogP) is 1.66. The van der Waals surface area contributed by atoms with Gasteiger partial charge in [-0.1, -0.05) is 0 Å². The third kappa shape index (κ3) is 1.52. The maximum atomic E-state index is 8.88.